The molecule has 1 fully saturated rings. The number of benzene rings is 2. The Balaban J connectivity index is 1.57. The van der Waals surface area contributed by atoms with E-state index in [0.717, 1.165) is 21.8 Å². The van der Waals surface area contributed by atoms with Gasteiger partial charge in [-0.1, -0.05) is 34.1 Å². The van der Waals surface area contributed by atoms with Crippen molar-refractivity contribution in [3.05, 3.63) is 85.4 Å². The van der Waals surface area contributed by atoms with Crippen molar-refractivity contribution in [2.45, 2.75) is 6.54 Å². The highest BCUT2D eigenvalue weighted by molar-refractivity contribution is 9.10. The van der Waals surface area contributed by atoms with Gasteiger partial charge in [0.1, 0.15) is 17.3 Å². The maximum absolute atomic E-state index is 12.8. The van der Waals surface area contributed by atoms with E-state index in [1.54, 1.807) is 12.1 Å². The molecule has 0 radical (unpaired) electrons. The first-order valence-electron chi connectivity index (χ1n) is 9.29. The van der Waals surface area contributed by atoms with Crippen LogP contribution >= 0.6 is 27.7 Å². The molecule has 0 aliphatic carbocycles. The zero-order chi connectivity index (χ0) is 22.8. The minimum Gasteiger partial charge on any atom is -0.496 e. The molecule has 0 spiro atoms. The summed E-state index contributed by atoms with van der Waals surface area (Å²) in [6, 6.07) is 14.9. The number of ether oxygens (including phenoxy) is 1. The van der Waals surface area contributed by atoms with Gasteiger partial charge in [0, 0.05) is 16.6 Å². The van der Waals surface area contributed by atoms with Crippen LogP contribution in [0, 0.1) is 10.1 Å². The normalized spacial score (nSPS) is 14.9. The number of non-ortho nitro benzene ring substituents is 1. The lowest BCUT2D eigenvalue weighted by molar-refractivity contribution is -0.384. The molecular weight excluding hydrogens is 500 g/mol. The summed E-state index contributed by atoms with van der Waals surface area (Å²) < 4.78 is 11.9. The highest BCUT2D eigenvalue weighted by atomic mass is 79.9. The maximum Gasteiger partial charge on any atom is 0.293 e. The van der Waals surface area contributed by atoms with Crippen LogP contribution in [0.5, 0.6) is 5.75 Å². The molecule has 2 aromatic carbocycles. The number of imide groups is 1. The molecule has 1 aliphatic rings. The number of nitrogens with zero attached hydrogens (tertiary/aromatic N) is 2. The van der Waals surface area contributed by atoms with E-state index in [-0.39, 0.29) is 28.1 Å². The molecule has 4 rings (SSSR count). The maximum atomic E-state index is 12.8. The van der Waals surface area contributed by atoms with E-state index in [2.05, 4.69) is 15.9 Å². The number of methoxy groups -OCH3 is 1. The number of nitro groups is 1. The molecular formula is C22H15BrN2O6S. The summed E-state index contributed by atoms with van der Waals surface area (Å²) in [5.74, 6) is 0.665. The summed E-state index contributed by atoms with van der Waals surface area (Å²) in [7, 11) is 1.41. The Bertz CT molecular complexity index is 1270. The van der Waals surface area contributed by atoms with Gasteiger partial charge in [-0.05, 0) is 41.6 Å². The Labute approximate surface area is 195 Å². The van der Waals surface area contributed by atoms with E-state index in [1.165, 1.54) is 36.3 Å². The van der Waals surface area contributed by atoms with Crippen LogP contribution in [0.3, 0.4) is 0 Å². The van der Waals surface area contributed by atoms with Gasteiger partial charge in [-0.15, -0.1) is 0 Å². The molecule has 8 nitrogen and oxygen atoms in total. The topological polar surface area (TPSA) is 103 Å². The first kappa shape index (κ1) is 21.8. The lowest BCUT2D eigenvalue weighted by atomic mass is 10.1. The molecule has 10 heteroatoms. The number of hydrogen-bond donors (Lipinski definition) is 0. The fraction of sp³-hybridized carbons (Fsp3) is 0.0909. The van der Waals surface area contributed by atoms with Crippen LogP contribution < -0.4 is 4.74 Å². The molecule has 0 atom stereocenters. The third kappa shape index (κ3) is 4.32. The van der Waals surface area contributed by atoms with Crippen LogP contribution in [-0.4, -0.2) is 28.1 Å². The second-order valence-corrected chi connectivity index (χ2v) is 8.55. The van der Waals surface area contributed by atoms with E-state index in [0.29, 0.717) is 17.1 Å². The number of carbonyl (C=O) groups excluding carboxylic acids is 2. The van der Waals surface area contributed by atoms with E-state index in [1.807, 2.05) is 24.3 Å². The fourth-order valence-corrected chi connectivity index (χ4v) is 4.36. The van der Waals surface area contributed by atoms with E-state index >= 15 is 0 Å². The zero-order valence-electron chi connectivity index (χ0n) is 16.6. The molecule has 0 saturated carbocycles. The lowest BCUT2D eigenvalue weighted by Crippen LogP contribution is -2.27. The van der Waals surface area contributed by atoms with Crippen molar-refractivity contribution in [1.82, 2.24) is 4.90 Å². The number of furan rings is 1. The third-order valence-electron chi connectivity index (χ3n) is 4.72. The molecule has 32 heavy (non-hydrogen) atoms. The second-order valence-electron chi connectivity index (χ2n) is 6.70. The fourth-order valence-electron chi connectivity index (χ4n) is 3.13. The van der Waals surface area contributed by atoms with Gasteiger partial charge in [0.25, 0.3) is 16.8 Å². The summed E-state index contributed by atoms with van der Waals surface area (Å²) in [4.78, 5) is 37.1. The predicted molar refractivity (Wildman–Crippen MR) is 123 cm³/mol. The van der Waals surface area contributed by atoms with Crippen LogP contribution in [0.2, 0.25) is 0 Å². The van der Waals surface area contributed by atoms with Crippen LogP contribution in [-0.2, 0) is 11.3 Å². The van der Waals surface area contributed by atoms with Crippen molar-refractivity contribution < 1.29 is 23.7 Å². The van der Waals surface area contributed by atoms with Gasteiger partial charge in [-0.2, -0.15) is 0 Å². The SMILES string of the molecule is COc1cc([N+](=O)[O-])ccc1-c1ccc(/C=C2\SC(=O)N(Cc3ccccc3Br)C2=O)o1. The van der Waals surface area contributed by atoms with Crippen molar-refractivity contribution in [3.8, 4) is 17.1 Å². The largest absolute Gasteiger partial charge is 0.496 e. The monoisotopic (exact) mass is 514 g/mol. The molecule has 162 valence electrons. The standard InChI is InChI=1S/C22H15BrN2O6S/c1-30-19-10-14(25(28)29)6-8-16(19)18-9-7-15(31-18)11-20-21(26)24(22(27)32-20)12-13-4-2-3-5-17(13)23/h2-11H,12H2,1H3/b20-11-. The quantitative estimate of drug-likeness (QED) is 0.230. The Hall–Kier alpha value is -3.37. The highest BCUT2D eigenvalue weighted by Crippen LogP contribution is 2.37. The lowest BCUT2D eigenvalue weighted by Gasteiger charge is -2.13. The van der Waals surface area contributed by atoms with E-state index in [9.17, 15) is 19.7 Å². The minimum absolute atomic E-state index is 0.101. The highest BCUT2D eigenvalue weighted by Gasteiger charge is 2.35. The van der Waals surface area contributed by atoms with Gasteiger partial charge < -0.3 is 9.15 Å². The average molecular weight is 515 g/mol. The zero-order valence-corrected chi connectivity index (χ0v) is 19.0. The van der Waals surface area contributed by atoms with E-state index < -0.39 is 10.8 Å². The van der Waals surface area contributed by atoms with Crippen molar-refractivity contribution in [2.24, 2.45) is 0 Å². The predicted octanol–water partition coefficient (Wildman–Crippen LogP) is 5.86. The summed E-state index contributed by atoms with van der Waals surface area (Å²) >= 11 is 4.27. The van der Waals surface area contributed by atoms with Gasteiger partial charge in [-0.3, -0.25) is 24.6 Å². The van der Waals surface area contributed by atoms with Gasteiger partial charge >= 0.3 is 0 Å². The molecule has 1 saturated heterocycles. The molecule has 1 aliphatic heterocycles. The van der Waals surface area contributed by atoms with Crippen LogP contribution in [0.25, 0.3) is 17.4 Å². The number of hydrogen-bond acceptors (Lipinski definition) is 7. The Morgan fingerprint density at radius 3 is 2.69 bits per heavy atom. The Kier molecular flexibility index (Phi) is 6.15. The first-order valence-corrected chi connectivity index (χ1v) is 10.9. The van der Waals surface area contributed by atoms with Crippen molar-refractivity contribution >= 4 is 50.6 Å². The molecule has 0 unspecified atom stereocenters. The first-order chi connectivity index (χ1) is 15.4. The smallest absolute Gasteiger partial charge is 0.293 e. The molecule has 2 amide bonds. The van der Waals surface area contributed by atoms with Crippen molar-refractivity contribution in [1.29, 1.82) is 0 Å². The summed E-state index contributed by atoms with van der Waals surface area (Å²) in [6.07, 6.45) is 1.51. The van der Waals surface area contributed by atoms with Crippen LogP contribution in [0.15, 0.2) is 68.4 Å². The van der Waals surface area contributed by atoms with Gasteiger partial charge in [0.2, 0.25) is 0 Å². The van der Waals surface area contributed by atoms with Crippen molar-refractivity contribution in [2.75, 3.05) is 7.11 Å². The molecule has 0 bridgehead atoms. The van der Waals surface area contributed by atoms with Crippen LogP contribution in [0.1, 0.15) is 11.3 Å². The Morgan fingerprint density at radius 2 is 1.97 bits per heavy atom. The van der Waals surface area contributed by atoms with Crippen LogP contribution in [0.4, 0.5) is 10.5 Å². The third-order valence-corrected chi connectivity index (χ3v) is 6.40. The number of carbonyl (C=O) groups is 2. The summed E-state index contributed by atoms with van der Waals surface area (Å²) in [5.41, 5.74) is 1.25. The van der Waals surface area contributed by atoms with Gasteiger partial charge in [0.15, 0.2) is 0 Å². The van der Waals surface area contributed by atoms with E-state index in [4.69, 9.17) is 9.15 Å². The second kappa shape index (κ2) is 9.01. The molecule has 3 aromatic rings. The van der Waals surface area contributed by atoms with Gasteiger partial charge in [-0.25, -0.2) is 0 Å². The van der Waals surface area contributed by atoms with Crippen molar-refractivity contribution in [3.63, 3.8) is 0 Å². The number of rotatable bonds is 6. The number of thioether (sulfide) groups is 1. The Morgan fingerprint density at radius 1 is 1.19 bits per heavy atom. The number of halogens is 1. The number of amides is 2. The molecule has 2 heterocycles. The minimum atomic E-state index is -0.510. The number of nitro benzene ring substituents is 1. The average Bonchev–Trinajstić information content (AvgIpc) is 3.34. The summed E-state index contributed by atoms with van der Waals surface area (Å²) in [5, 5.41) is 10.6. The molecule has 0 N–H and O–H groups in total. The van der Waals surface area contributed by atoms with Gasteiger partial charge in [0.05, 0.1) is 35.1 Å². The molecule has 1 aromatic heterocycles. The summed E-state index contributed by atoms with van der Waals surface area (Å²) in [6.45, 7) is 0.160.